The molecular weight excluding hydrogens is 172 g/mol. The highest BCUT2D eigenvalue weighted by Gasteiger charge is 2.36. The van der Waals surface area contributed by atoms with Crippen LogP contribution in [0.3, 0.4) is 0 Å². The monoisotopic (exact) mass is 192 g/mol. The molecule has 0 bridgehead atoms. The summed E-state index contributed by atoms with van der Waals surface area (Å²) >= 11 is 0. The molecule has 78 valence electrons. The maximum atomic E-state index is 4.17. The number of hydrogen-bond donors (Lipinski definition) is 2. The average Bonchev–Trinajstić information content (AvgIpc) is 2.39. The van der Waals surface area contributed by atoms with E-state index in [0.29, 0.717) is 5.41 Å². The molecule has 1 spiro atoms. The van der Waals surface area contributed by atoms with Crippen molar-refractivity contribution in [2.45, 2.75) is 32.1 Å². The van der Waals surface area contributed by atoms with E-state index >= 15 is 0 Å². The molecule has 14 heavy (non-hydrogen) atoms. The Bertz CT molecular complexity index is 247. The molecule has 0 aromatic rings. The molecule has 2 saturated heterocycles. The SMILES string of the molecule is C=C1CCC2(CCCCNC2)C(=C)N1. The second-order valence-corrected chi connectivity index (χ2v) is 4.62. The van der Waals surface area contributed by atoms with Crippen molar-refractivity contribution in [2.24, 2.45) is 5.41 Å². The third-order valence-electron chi connectivity index (χ3n) is 3.60. The Morgan fingerprint density at radius 2 is 2.00 bits per heavy atom. The van der Waals surface area contributed by atoms with Crippen LogP contribution in [-0.4, -0.2) is 13.1 Å². The first-order valence-electron chi connectivity index (χ1n) is 5.58. The van der Waals surface area contributed by atoms with Crippen LogP contribution in [0.1, 0.15) is 32.1 Å². The highest BCUT2D eigenvalue weighted by molar-refractivity contribution is 5.20. The number of piperidine rings is 1. The topological polar surface area (TPSA) is 24.1 Å². The van der Waals surface area contributed by atoms with E-state index in [1.807, 2.05) is 0 Å². The Morgan fingerprint density at radius 1 is 1.14 bits per heavy atom. The standard InChI is InChI=1S/C12H20N2/c1-10-5-7-12(11(2)14-10)6-3-4-8-13-9-12/h13-14H,1-9H2. The fourth-order valence-corrected chi connectivity index (χ4v) is 2.55. The van der Waals surface area contributed by atoms with Gasteiger partial charge >= 0.3 is 0 Å². The Kier molecular flexibility index (Phi) is 2.64. The third-order valence-corrected chi connectivity index (χ3v) is 3.60. The largest absolute Gasteiger partial charge is 0.363 e. The van der Waals surface area contributed by atoms with Crippen LogP contribution in [0.5, 0.6) is 0 Å². The minimum Gasteiger partial charge on any atom is -0.363 e. The summed E-state index contributed by atoms with van der Waals surface area (Å²) in [5.74, 6) is 0. The zero-order valence-electron chi connectivity index (χ0n) is 8.86. The molecule has 2 heterocycles. The van der Waals surface area contributed by atoms with Crippen LogP contribution in [0.25, 0.3) is 0 Å². The van der Waals surface area contributed by atoms with Gasteiger partial charge in [0.25, 0.3) is 0 Å². The minimum atomic E-state index is 0.303. The molecule has 0 radical (unpaired) electrons. The first-order chi connectivity index (χ1) is 6.73. The highest BCUT2D eigenvalue weighted by atomic mass is 15.0. The van der Waals surface area contributed by atoms with E-state index in [1.54, 1.807) is 0 Å². The van der Waals surface area contributed by atoms with Gasteiger partial charge in [0.2, 0.25) is 0 Å². The van der Waals surface area contributed by atoms with Crippen LogP contribution in [-0.2, 0) is 0 Å². The lowest BCUT2D eigenvalue weighted by Crippen LogP contribution is -2.41. The zero-order valence-corrected chi connectivity index (χ0v) is 8.86. The smallest absolute Gasteiger partial charge is 0.0226 e. The molecule has 0 aromatic carbocycles. The van der Waals surface area contributed by atoms with Gasteiger partial charge in [0.15, 0.2) is 0 Å². The Labute approximate surface area is 86.5 Å². The van der Waals surface area contributed by atoms with E-state index in [0.717, 1.165) is 25.2 Å². The summed E-state index contributed by atoms with van der Waals surface area (Å²) in [4.78, 5) is 0. The van der Waals surface area contributed by atoms with E-state index in [-0.39, 0.29) is 0 Å². The molecule has 2 nitrogen and oxygen atoms in total. The molecular formula is C12H20N2. The first kappa shape index (κ1) is 9.78. The second-order valence-electron chi connectivity index (χ2n) is 4.62. The highest BCUT2D eigenvalue weighted by Crippen LogP contribution is 2.40. The van der Waals surface area contributed by atoms with Gasteiger partial charge in [-0.2, -0.15) is 0 Å². The molecule has 2 heteroatoms. The van der Waals surface area contributed by atoms with Crippen LogP contribution >= 0.6 is 0 Å². The molecule has 2 aliphatic heterocycles. The quantitative estimate of drug-likeness (QED) is 0.614. The minimum absolute atomic E-state index is 0.303. The van der Waals surface area contributed by atoms with Crippen molar-refractivity contribution in [3.63, 3.8) is 0 Å². The number of rotatable bonds is 0. The van der Waals surface area contributed by atoms with E-state index in [2.05, 4.69) is 23.8 Å². The molecule has 2 fully saturated rings. The van der Waals surface area contributed by atoms with Crippen molar-refractivity contribution in [3.8, 4) is 0 Å². The molecule has 1 atom stereocenters. The summed E-state index contributed by atoms with van der Waals surface area (Å²) in [5.41, 5.74) is 2.62. The Balaban J connectivity index is 2.12. The summed E-state index contributed by atoms with van der Waals surface area (Å²) in [6, 6.07) is 0. The predicted octanol–water partition coefficient (Wildman–Crippen LogP) is 2.16. The summed E-state index contributed by atoms with van der Waals surface area (Å²) < 4.78 is 0. The summed E-state index contributed by atoms with van der Waals surface area (Å²) in [5, 5.41) is 6.86. The molecule has 0 aromatic heterocycles. The van der Waals surface area contributed by atoms with Gasteiger partial charge in [-0.05, 0) is 32.2 Å². The van der Waals surface area contributed by atoms with Gasteiger partial charge in [-0.25, -0.2) is 0 Å². The molecule has 0 saturated carbocycles. The molecule has 0 amide bonds. The fourth-order valence-electron chi connectivity index (χ4n) is 2.55. The summed E-state index contributed by atoms with van der Waals surface area (Å²) in [6.07, 6.45) is 6.21. The lowest BCUT2D eigenvalue weighted by atomic mass is 9.74. The van der Waals surface area contributed by atoms with Crippen molar-refractivity contribution in [1.82, 2.24) is 10.6 Å². The van der Waals surface area contributed by atoms with E-state index in [4.69, 9.17) is 0 Å². The lowest BCUT2D eigenvalue weighted by molar-refractivity contribution is 0.265. The molecule has 2 N–H and O–H groups in total. The maximum absolute atomic E-state index is 4.17. The Morgan fingerprint density at radius 3 is 2.79 bits per heavy atom. The van der Waals surface area contributed by atoms with E-state index in [9.17, 15) is 0 Å². The van der Waals surface area contributed by atoms with E-state index < -0.39 is 0 Å². The van der Waals surface area contributed by atoms with Crippen molar-refractivity contribution in [3.05, 3.63) is 24.6 Å². The van der Waals surface area contributed by atoms with Gasteiger partial charge in [0.05, 0.1) is 0 Å². The predicted molar refractivity (Wildman–Crippen MR) is 59.8 cm³/mol. The first-order valence-corrected chi connectivity index (χ1v) is 5.58. The average molecular weight is 192 g/mol. The zero-order chi connectivity index (χ0) is 10.0. The summed E-state index contributed by atoms with van der Waals surface area (Å²) in [7, 11) is 0. The maximum Gasteiger partial charge on any atom is 0.0226 e. The fraction of sp³-hybridized carbons (Fsp3) is 0.667. The summed E-state index contributed by atoms with van der Waals surface area (Å²) in [6.45, 7) is 10.4. The van der Waals surface area contributed by atoms with Gasteiger partial charge in [0.1, 0.15) is 0 Å². The number of allylic oxidation sites excluding steroid dienone is 1. The molecule has 1 unspecified atom stereocenters. The van der Waals surface area contributed by atoms with Crippen molar-refractivity contribution < 1.29 is 0 Å². The third kappa shape index (κ3) is 1.71. The van der Waals surface area contributed by atoms with Crippen molar-refractivity contribution >= 4 is 0 Å². The van der Waals surface area contributed by atoms with Crippen LogP contribution in [0.15, 0.2) is 24.6 Å². The van der Waals surface area contributed by atoms with Gasteiger partial charge in [-0.3, -0.25) is 0 Å². The molecule has 2 rings (SSSR count). The van der Waals surface area contributed by atoms with Crippen LogP contribution < -0.4 is 10.6 Å². The van der Waals surface area contributed by atoms with Crippen LogP contribution in [0, 0.1) is 5.41 Å². The van der Waals surface area contributed by atoms with Gasteiger partial charge < -0.3 is 10.6 Å². The second kappa shape index (κ2) is 3.77. The van der Waals surface area contributed by atoms with E-state index in [1.165, 1.54) is 31.4 Å². The van der Waals surface area contributed by atoms with Crippen LogP contribution in [0.2, 0.25) is 0 Å². The van der Waals surface area contributed by atoms with Gasteiger partial charge in [0, 0.05) is 23.4 Å². The van der Waals surface area contributed by atoms with Gasteiger partial charge in [-0.15, -0.1) is 0 Å². The van der Waals surface area contributed by atoms with Gasteiger partial charge in [-0.1, -0.05) is 19.6 Å². The van der Waals surface area contributed by atoms with Crippen LogP contribution in [0.4, 0.5) is 0 Å². The number of nitrogens with one attached hydrogen (secondary N) is 2. The van der Waals surface area contributed by atoms with Crippen molar-refractivity contribution in [2.75, 3.05) is 13.1 Å². The molecule has 2 aliphatic rings. The lowest BCUT2D eigenvalue weighted by Gasteiger charge is -2.40. The normalized spacial score (nSPS) is 34.0. The van der Waals surface area contributed by atoms with Crippen molar-refractivity contribution in [1.29, 1.82) is 0 Å². The Hall–Kier alpha value is -0.760. The number of hydrogen-bond acceptors (Lipinski definition) is 2. The molecule has 0 aliphatic carbocycles.